The predicted molar refractivity (Wildman–Crippen MR) is 101 cm³/mol. The molecule has 0 unspecified atom stereocenters. The molecule has 3 rings (SSSR count). The van der Waals surface area contributed by atoms with Gasteiger partial charge in [0.2, 0.25) is 5.91 Å². The van der Waals surface area contributed by atoms with Gasteiger partial charge in [0.05, 0.1) is 6.61 Å². The van der Waals surface area contributed by atoms with Gasteiger partial charge in [-0.15, -0.1) is 0 Å². The van der Waals surface area contributed by atoms with E-state index in [0.29, 0.717) is 19.3 Å². The van der Waals surface area contributed by atoms with Crippen LogP contribution in [0, 0.1) is 5.92 Å². The average molecular weight is 393 g/mol. The van der Waals surface area contributed by atoms with Crippen LogP contribution in [0.25, 0.3) is 0 Å². The van der Waals surface area contributed by atoms with Gasteiger partial charge in [-0.1, -0.05) is 39.0 Å². The minimum Gasteiger partial charge on any atom is -0.464 e. The molecular formula is C20H31N3O5. The van der Waals surface area contributed by atoms with Crippen molar-refractivity contribution in [2.45, 2.75) is 82.7 Å². The van der Waals surface area contributed by atoms with Crippen LogP contribution < -0.4 is 10.6 Å². The van der Waals surface area contributed by atoms with Crippen LogP contribution in [0.2, 0.25) is 0 Å². The highest BCUT2D eigenvalue weighted by atomic mass is 16.5. The van der Waals surface area contributed by atoms with E-state index in [1.807, 2.05) is 6.92 Å². The third-order valence-corrected chi connectivity index (χ3v) is 6.56. The first-order valence-corrected chi connectivity index (χ1v) is 10.5. The third-order valence-electron chi connectivity index (χ3n) is 6.56. The molecule has 2 atom stereocenters. The standard InChI is InChI=1S/C20H31N3O5/c1-3-28-17(26)19(10-6-4-7-11-19)21-15(24)13-23-16(25)20(22-18(23)27)12-8-5-9-14(20)2/h14H,3-13H2,1-2H3,(H,21,24)(H,22,27)/t14-,20-/m1/s1. The van der Waals surface area contributed by atoms with Crippen LogP contribution in [0.1, 0.15) is 71.6 Å². The summed E-state index contributed by atoms with van der Waals surface area (Å²) in [7, 11) is 0. The van der Waals surface area contributed by atoms with Crippen molar-refractivity contribution in [1.29, 1.82) is 0 Å². The zero-order valence-corrected chi connectivity index (χ0v) is 16.8. The van der Waals surface area contributed by atoms with E-state index < -0.39 is 29.0 Å². The molecule has 2 saturated carbocycles. The number of carbonyl (C=O) groups is 4. The van der Waals surface area contributed by atoms with E-state index in [9.17, 15) is 19.2 Å². The highest BCUT2D eigenvalue weighted by molar-refractivity contribution is 6.09. The third kappa shape index (κ3) is 3.61. The molecule has 28 heavy (non-hydrogen) atoms. The van der Waals surface area contributed by atoms with Crippen LogP contribution in [0.15, 0.2) is 0 Å². The number of urea groups is 1. The molecule has 8 nitrogen and oxygen atoms in total. The summed E-state index contributed by atoms with van der Waals surface area (Å²) in [6.07, 6.45) is 7.06. The highest BCUT2D eigenvalue weighted by Gasteiger charge is 2.55. The number of nitrogens with zero attached hydrogens (tertiary/aromatic N) is 1. The highest BCUT2D eigenvalue weighted by Crippen LogP contribution is 2.38. The Morgan fingerprint density at radius 3 is 2.46 bits per heavy atom. The Hall–Kier alpha value is -2.12. The first-order valence-electron chi connectivity index (χ1n) is 10.5. The second-order valence-corrected chi connectivity index (χ2v) is 8.35. The zero-order valence-electron chi connectivity index (χ0n) is 16.8. The van der Waals surface area contributed by atoms with Gasteiger partial charge in [0.1, 0.15) is 17.6 Å². The van der Waals surface area contributed by atoms with Gasteiger partial charge in [0.15, 0.2) is 0 Å². The summed E-state index contributed by atoms with van der Waals surface area (Å²) >= 11 is 0. The number of nitrogens with one attached hydrogen (secondary N) is 2. The Balaban J connectivity index is 1.70. The van der Waals surface area contributed by atoms with Crippen molar-refractivity contribution in [2.75, 3.05) is 13.2 Å². The van der Waals surface area contributed by atoms with Crippen LogP contribution in [0.4, 0.5) is 4.79 Å². The number of hydrogen-bond donors (Lipinski definition) is 2. The molecule has 0 aromatic carbocycles. The number of imide groups is 1. The Bertz CT molecular complexity index is 658. The smallest absolute Gasteiger partial charge is 0.331 e. The van der Waals surface area contributed by atoms with Gasteiger partial charge < -0.3 is 15.4 Å². The van der Waals surface area contributed by atoms with Crippen molar-refractivity contribution < 1.29 is 23.9 Å². The van der Waals surface area contributed by atoms with Crippen molar-refractivity contribution in [3.8, 4) is 0 Å². The number of ether oxygens (including phenoxy) is 1. The molecule has 3 aliphatic rings. The SMILES string of the molecule is CCOC(=O)C1(NC(=O)CN2C(=O)N[C@@]3(CCCC[C@H]3C)C2=O)CCCCC1. The minimum atomic E-state index is -1.06. The molecule has 1 spiro atoms. The van der Waals surface area contributed by atoms with E-state index in [1.54, 1.807) is 6.92 Å². The lowest BCUT2D eigenvalue weighted by Crippen LogP contribution is -2.58. The van der Waals surface area contributed by atoms with Gasteiger partial charge >= 0.3 is 12.0 Å². The number of rotatable bonds is 5. The Labute approximate surface area is 165 Å². The molecule has 1 saturated heterocycles. The lowest BCUT2D eigenvalue weighted by molar-refractivity contribution is -0.155. The summed E-state index contributed by atoms with van der Waals surface area (Å²) in [5.41, 5.74) is -1.94. The minimum absolute atomic E-state index is 0.0370. The van der Waals surface area contributed by atoms with E-state index in [1.165, 1.54) is 0 Å². The van der Waals surface area contributed by atoms with Crippen molar-refractivity contribution in [1.82, 2.24) is 15.5 Å². The quantitative estimate of drug-likeness (QED) is 0.548. The lowest BCUT2D eigenvalue weighted by atomic mass is 9.73. The maximum atomic E-state index is 13.0. The number of carbonyl (C=O) groups excluding carboxylic acids is 4. The van der Waals surface area contributed by atoms with Crippen LogP contribution in [-0.4, -0.2) is 52.9 Å². The summed E-state index contributed by atoms with van der Waals surface area (Å²) in [5.74, 6) is -1.22. The van der Waals surface area contributed by atoms with E-state index in [4.69, 9.17) is 4.74 Å². The van der Waals surface area contributed by atoms with Crippen molar-refractivity contribution >= 4 is 23.8 Å². The van der Waals surface area contributed by atoms with Crippen LogP contribution in [0.5, 0.6) is 0 Å². The molecule has 0 aromatic rings. The summed E-state index contributed by atoms with van der Waals surface area (Å²) in [5, 5.41) is 5.65. The fourth-order valence-electron chi connectivity index (χ4n) is 4.89. The monoisotopic (exact) mass is 393 g/mol. The second kappa shape index (κ2) is 8.09. The van der Waals surface area contributed by atoms with Crippen molar-refractivity contribution in [2.24, 2.45) is 5.92 Å². The molecule has 2 aliphatic carbocycles. The maximum Gasteiger partial charge on any atom is 0.331 e. The van der Waals surface area contributed by atoms with E-state index in [0.717, 1.165) is 43.4 Å². The number of amides is 4. The van der Waals surface area contributed by atoms with Gasteiger partial charge in [0.25, 0.3) is 5.91 Å². The Kier molecular flexibility index (Phi) is 5.95. The maximum absolute atomic E-state index is 13.0. The molecule has 4 amide bonds. The predicted octanol–water partition coefficient (Wildman–Crippen LogP) is 1.87. The average Bonchev–Trinajstić information content (AvgIpc) is 2.90. The number of esters is 1. The normalized spacial score (nSPS) is 29.5. The van der Waals surface area contributed by atoms with Gasteiger partial charge in [-0.3, -0.25) is 14.5 Å². The van der Waals surface area contributed by atoms with Crippen molar-refractivity contribution in [3.05, 3.63) is 0 Å². The van der Waals surface area contributed by atoms with Crippen LogP contribution in [0.3, 0.4) is 0 Å². The van der Waals surface area contributed by atoms with E-state index in [2.05, 4.69) is 10.6 Å². The first kappa shape index (κ1) is 20.6. The molecule has 2 N–H and O–H groups in total. The van der Waals surface area contributed by atoms with Crippen LogP contribution >= 0.6 is 0 Å². The van der Waals surface area contributed by atoms with Gasteiger partial charge in [-0.25, -0.2) is 9.59 Å². The summed E-state index contributed by atoms with van der Waals surface area (Å²) in [6.45, 7) is 3.57. The molecular weight excluding hydrogens is 362 g/mol. The molecule has 3 fully saturated rings. The summed E-state index contributed by atoms with van der Waals surface area (Å²) < 4.78 is 5.19. The van der Waals surface area contributed by atoms with Gasteiger partial charge in [-0.05, 0) is 38.5 Å². The van der Waals surface area contributed by atoms with Crippen molar-refractivity contribution in [3.63, 3.8) is 0 Å². The summed E-state index contributed by atoms with van der Waals surface area (Å²) in [6, 6.07) is -0.525. The molecule has 0 radical (unpaired) electrons. The second-order valence-electron chi connectivity index (χ2n) is 8.35. The Morgan fingerprint density at radius 1 is 1.14 bits per heavy atom. The molecule has 8 heteroatoms. The lowest BCUT2D eigenvalue weighted by Gasteiger charge is -2.37. The Morgan fingerprint density at radius 2 is 1.82 bits per heavy atom. The zero-order chi connectivity index (χ0) is 20.4. The molecule has 156 valence electrons. The fourth-order valence-corrected chi connectivity index (χ4v) is 4.89. The molecule has 0 bridgehead atoms. The molecule has 1 heterocycles. The fraction of sp³-hybridized carbons (Fsp3) is 0.800. The largest absolute Gasteiger partial charge is 0.464 e. The number of hydrogen-bond acceptors (Lipinski definition) is 5. The molecule has 0 aromatic heterocycles. The summed E-state index contributed by atoms with van der Waals surface area (Å²) in [4.78, 5) is 51.7. The van der Waals surface area contributed by atoms with Gasteiger partial charge in [-0.2, -0.15) is 0 Å². The van der Waals surface area contributed by atoms with E-state index >= 15 is 0 Å². The van der Waals surface area contributed by atoms with Gasteiger partial charge in [0, 0.05) is 0 Å². The topological polar surface area (TPSA) is 105 Å². The molecule has 1 aliphatic heterocycles. The van der Waals surface area contributed by atoms with E-state index in [-0.39, 0.29) is 25.0 Å². The first-order chi connectivity index (χ1) is 13.3. The van der Waals surface area contributed by atoms with Crippen LogP contribution in [-0.2, 0) is 19.1 Å².